The van der Waals surface area contributed by atoms with Crippen molar-refractivity contribution in [3.63, 3.8) is 0 Å². The summed E-state index contributed by atoms with van der Waals surface area (Å²) in [6.07, 6.45) is 1.48. The molecule has 0 aliphatic carbocycles. The molecule has 0 fully saturated rings. The summed E-state index contributed by atoms with van der Waals surface area (Å²) in [6, 6.07) is 0. The van der Waals surface area contributed by atoms with Crippen LogP contribution in [0.1, 0.15) is 25.8 Å². The molecule has 1 heterocycles. The highest BCUT2D eigenvalue weighted by atomic mass is 32.1. The molecule has 1 rings (SSSR count). The normalized spacial score (nSPS) is 11.4. The van der Waals surface area contributed by atoms with Gasteiger partial charge in [0.1, 0.15) is 10.6 Å². The second kappa shape index (κ2) is 8.96. The Kier molecular flexibility index (Phi) is 7.63. The molecule has 1 N–H and O–H groups in total. The van der Waals surface area contributed by atoms with Crippen molar-refractivity contribution in [2.24, 2.45) is 0 Å². The van der Waals surface area contributed by atoms with E-state index in [0.717, 1.165) is 5.01 Å². The number of aromatic nitrogens is 1. The van der Waals surface area contributed by atoms with Gasteiger partial charge in [0.2, 0.25) is 0 Å². The van der Waals surface area contributed by atoms with Gasteiger partial charge in [0, 0.05) is 44.9 Å². The summed E-state index contributed by atoms with van der Waals surface area (Å²) in [6.45, 7) is 8.56. The number of methoxy groups -OCH3 is 1. The zero-order valence-corrected chi connectivity index (χ0v) is 14.0. The largest absolute Gasteiger partial charge is 0.444 e. The maximum atomic E-state index is 12.1. The summed E-state index contributed by atoms with van der Waals surface area (Å²) in [5.74, 6) is 0. The lowest BCUT2D eigenvalue weighted by molar-refractivity contribution is 0.0204. The third kappa shape index (κ3) is 7.99. The molecular weight excluding hydrogens is 290 g/mol. The van der Waals surface area contributed by atoms with Gasteiger partial charge in [0.25, 0.3) is 0 Å². The summed E-state index contributed by atoms with van der Waals surface area (Å²) >= 11 is 1.61. The highest BCUT2D eigenvalue weighted by Crippen LogP contribution is 2.09. The smallest absolute Gasteiger partial charge is 0.410 e. The summed E-state index contributed by atoms with van der Waals surface area (Å²) in [7, 11) is 1.62. The van der Waals surface area contributed by atoms with E-state index in [1.54, 1.807) is 29.5 Å². The minimum atomic E-state index is -0.489. The van der Waals surface area contributed by atoms with Crippen molar-refractivity contribution in [1.29, 1.82) is 0 Å². The van der Waals surface area contributed by atoms with Gasteiger partial charge in [0.15, 0.2) is 0 Å². The summed E-state index contributed by atoms with van der Waals surface area (Å²) in [5, 5.41) is 6.25. The molecule has 120 valence electrons. The van der Waals surface area contributed by atoms with Gasteiger partial charge in [-0.1, -0.05) is 0 Å². The monoisotopic (exact) mass is 315 g/mol. The number of carbonyl (C=O) groups is 1. The number of hydrogen-bond donors (Lipinski definition) is 1. The molecule has 0 saturated carbocycles. The second-order valence-electron chi connectivity index (χ2n) is 5.56. The molecule has 0 saturated heterocycles. The fourth-order valence-corrected chi connectivity index (χ4v) is 2.16. The molecule has 0 aliphatic heterocycles. The van der Waals surface area contributed by atoms with Crippen molar-refractivity contribution in [1.82, 2.24) is 15.2 Å². The van der Waals surface area contributed by atoms with Gasteiger partial charge in [-0.2, -0.15) is 0 Å². The Morgan fingerprint density at radius 1 is 1.43 bits per heavy atom. The molecule has 0 unspecified atom stereocenters. The number of hydrogen-bond acceptors (Lipinski definition) is 6. The zero-order chi connectivity index (χ0) is 15.7. The third-order valence-corrected chi connectivity index (χ3v) is 3.31. The first kappa shape index (κ1) is 17.9. The van der Waals surface area contributed by atoms with Crippen molar-refractivity contribution < 1.29 is 14.3 Å². The molecule has 0 aromatic carbocycles. The number of nitrogens with zero attached hydrogens (tertiary/aromatic N) is 2. The molecule has 0 bridgehead atoms. The van der Waals surface area contributed by atoms with Crippen molar-refractivity contribution in [2.75, 3.05) is 33.4 Å². The number of rotatable bonds is 8. The standard InChI is InChI=1S/C14H25N3O3S/c1-14(2,3)20-13(18)17(8-9-19-4)7-5-15-11-12-16-6-10-21-12/h6,10,15H,5,7-9,11H2,1-4H3. The number of ether oxygens (including phenoxy) is 2. The van der Waals surface area contributed by atoms with Crippen LogP contribution in [0.2, 0.25) is 0 Å². The van der Waals surface area contributed by atoms with Crippen LogP contribution < -0.4 is 5.32 Å². The van der Waals surface area contributed by atoms with Crippen LogP contribution in [0.4, 0.5) is 4.79 Å². The topological polar surface area (TPSA) is 63.7 Å². The SMILES string of the molecule is COCCN(CCNCc1nccs1)C(=O)OC(C)(C)C. The van der Waals surface area contributed by atoms with Gasteiger partial charge in [-0.3, -0.25) is 0 Å². The van der Waals surface area contributed by atoms with E-state index in [1.165, 1.54) is 0 Å². The van der Waals surface area contributed by atoms with Gasteiger partial charge in [-0.15, -0.1) is 11.3 Å². The van der Waals surface area contributed by atoms with E-state index in [-0.39, 0.29) is 6.09 Å². The molecule has 7 heteroatoms. The van der Waals surface area contributed by atoms with E-state index in [0.29, 0.717) is 32.8 Å². The molecule has 0 spiro atoms. The molecule has 6 nitrogen and oxygen atoms in total. The van der Waals surface area contributed by atoms with Crippen LogP contribution in [-0.4, -0.2) is 54.9 Å². The fourth-order valence-electron chi connectivity index (χ4n) is 1.57. The average Bonchev–Trinajstić information content (AvgIpc) is 2.88. The molecule has 0 aliphatic rings. The van der Waals surface area contributed by atoms with Gasteiger partial charge in [-0.05, 0) is 20.8 Å². The van der Waals surface area contributed by atoms with Crippen molar-refractivity contribution >= 4 is 17.4 Å². The molecule has 1 amide bonds. The average molecular weight is 315 g/mol. The van der Waals surface area contributed by atoms with E-state index in [1.807, 2.05) is 26.2 Å². The Balaban J connectivity index is 2.36. The van der Waals surface area contributed by atoms with Crippen LogP contribution >= 0.6 is 11.3 Å². The van der Waals surface area contributed by atoms with Crippen molar-refractivity contribution in [3.05, 3.63) is 16.6 Å². The lowest BCUT2D eigenvalue weighted by atomic mass is 10.2. The van der Waals surface area contributed by atoms with Crippen LogP contribution in [0.5, 0.6) is 0 Å². The van der Waals surface area contributed by atoms with Gasteiger partial charge < -0.3 is 19.7 Å². The predicted molar refractivity (Wildman–Crippen MR) is 83.5 cm³/mol. The van der Waals surface area contributed by atoms with Crippen LogP contribution in [-0.2, 0) is 16.0 Å². The quantitative estimate of drug-likeness (QED) is 0.745. The number of carbonyl (C=O) groups excluding carboxylic acids is 1. The Bertz CT molecular complexity index is 404. The maximum Gasteiger partial charge on any atom is 0.410 e. The first-order valence-electron chi connectivity index (χ1n) is 6.98. The van der Waals surface area contributed by atoms with E-state index < -0.39 is 5.60 Å². The third-order valence-electron chi connectivity index (χ3n) is 2.54. The van der Waals surface area contributed by atoms with E-state index in [2.05, 4.69) is 10.3 Å². The molecule has 0 atom stereocenters. The zero-order valence-electron chi connectivity index (χ0n) is 13.2. The van der Waals surface area contributed by atoms with E-state index in [9.17, 15) is 4.79 Å². The first-order valence-corrected chi connectivity index (χ1v) is 7.86. The van der Waals surface area contributed by atoms with Crippen molar-refractivity contribution in [3.8, 4) is 0 Å². The minimum absolute atomic E-state index is 0.310. The molecule has 1 aromatic rings. The highest BCUT2D eigenvalue weighted by Gasteiger charge is 2.21. The highest BCUT2D eigenvalue weighted by molar-refractivity contribution is 7.09. The Hall–Kier alpha value is -1.18. The summed E-state index contributed by atoms with van der Waals surface area (Å²) < 4.78 is 10.4. The van der Waals surface area contributed by atoms with Crippen LogP contribution in [0, 0.1) is 0 Å². The molecule has 21 heavy (non-hydrogen) atoms. The molecular formula is C14H25N3O3S. The Morgan fingerprint density at radius 2 is 2.19 bits per heavy atom. The lowest BCUT2D eigenvalue weighted by Gasteiger charge is -2.27. The molecule has 0 radical (unpaired) electrons. The number of amides is 1. The van der Waals surface area contributed by atoms with Gasteiger partial charge in [0.05, 0.1) is 6.61 Å². The van der Waals surface area contributed by atoms with Crippen LogP contribution in [0.3, 0.4) is 0 Å². The van der Waals surface area contributed by atoms with E-state index in [4.69, 9.17) is 9.47 Å². The first-order chi connectivity index (χ1) is 9.92. The van der Waals surface area contributed by atoms with Gasteiger partial charge in [-0.25, -0.2) is 9.78 Å². The van der Waals surface area contributed by atoms with Gasteiger partial charge >= 0.3 is 6.09 Å². The number of thiazole rings is 1. The summed E-state index contributed by atoms with van der Waals surface area (Å²) in [4.78, 5) is 18.0. The Labute approximate surface area is 130 Å². The van der Waals surface area contributed by atoms with Crippen LogP contribution in [0.15, 0.2) is 11.6 Å². The number of nitrogens with one attached hydrogen (secondary N) is 1. The van der Waals surface area contributed by atoms with E-state index >= 15 is 0 Å². The maximum absolute atomic E-state index is 12.1. The minimum Gasteiger partial charge on any atom is -0.444 e. The second-order valence-corrected chi connectivity index (χ2v) is 6.54. The van der Waals surface area contributed by atoms with Crippen molar-refractivity contribution in [2.45, 2.75) is 32.9 Å². The predicted octanol–water partition coefficient (Wildman–Crippen LogP) is 2.12. The lowest BCUT2D eigenvalue weighted by Crippen LogP contribution is -2.42. The van der Waals surface area contributed by atoms with Crippen LogP contribution in [0.25, 0.3) is 0 Å². The fraction of sp³-hybridized carbons (Fsp3) is 0.714. The molecule has 1 aromatic heterocycles. The Morgan fingerprint density at radius 3 is 2.76 bits per heavy atom. The summed E-state index contributed by atoms with van der Waals surface area (Å²) in [5.41, 5.74) is -0.489.